The highest BCUT2D eigenvalue weighted by atomic mass is 79.9. The molecule has 0 radical (unpaired) electrons. The Morgan fingerprint density at radius 1 is 1.32 bits per heavy atom. The molecule has 0 atom stereocenters. The van der Waals surface area contributed by atoms with Crippen LogP contribution in [0, 0.1) is 12.7 Å². The minimum Gasteiger partial charge on any atom is -0.321 e. The van der Waals surface area contributed by atoms with Crippen molar-refractivity contribution in [2.75, 3.05) is 5.32 Å². The van der Waals surface area contributed by atoms with E-state index >= 15 is 0 Å². The molecule has 2 rings (SSSR count). The van der Waals surface area contributed by atoms with Crippen molar-refractivity contribution >= 4 is 39.1 Å². The molecule has 19 heavy (non-hydrogen) atoms. The number of benzene rings is 2. The molecule has 0 bridgehead atoms. The maximum absolute atomic E-state index is 13.4. The second-order valence-electron chi connectivity index (χ2n) is 4.04. The van der Waals surface area contributed by atoms with Gasteiger partial charge >= 0.3 is 0 Å². The second kappa shape index (κ2) is 5.72. The fraction of sp³-hybridized carbons (Fsp3) is 0.0714. The van der Waals surface area contributed by atoms with Crippen LogP contribution in [0.1, 0.15) is 15.9 Å². The van der Waals surface area contributed by atoms with Gasteiger partial charge in [-0.05, 0) is 52.7 Å². The summed E-state index contributed by atoms with van der Waals surface area (Å²) in [6, 6.07) is 9.59. The van der Waals surface area contributed by atoms with E-state index in [9.17, 15) is 9.18 Å². The average Bonchev–Trinajstić information content (AvgIpc) is 2.37. The molecule has 0 heterocycles. The fourth-order valence-electron chi connectivity index (χ4n) is 1.60. The van der Waals surface area contributed by atoms with Crippen molar-refractivity contribution in [3.63, 3.8) is 0 Å². The van der Waals surface area contributed by atoms with Gasteiger partial charge in [0.2, 0.25) is 0 Å². The zero-order chi connectivity index (χ0) is 14.0. The van der Waals surface area contributed by atoms with Gasteiger partial charge in [-0.3, -0.25) is 4.79 Å². The highest BCUT2D eigenvalue weighted by Gasteiger charge is 2.14. The quantitative estimate of drug-likeness (QED) is 0.834. The van der Waals surface area contributed by atoms with E-state index in [0.29, 0.717) is 10.7 Å². The molecule has 0 aliphatic heterocycles. The Bertz CT molecular complexity index is 645. The maximum atomic E-state index is 13.4. The maximum Gasteiger partial charge on any atom is 0.256 e. The summed E-state index contributed by atoms with van der Waals surface area (Å²) >= 11 is 9.06. The van der Waals surface area contributed by atoms with Gasteiger partial charge in [0, 0.05) is 0 Å². The van der Waals surface area contributed by atoms with E-state index < -0.39 is 11.7 Å². The van der Waals surface area contributed by atoms with Crippen LogP contribution in [0.2, 0.25) is 5.02 Å². The van der Waals surface area contributed by atoms with Gasteiger partial charge in [-0.15, -0.1) is 0 Å². The zero-order valence-corrected chi connectivity index (χ0v) is 12.3. The Balaban J connectivity index is 2.31. The number of carbonyl (C=O) groups excluding carboxylic acids is 1. The largest absolute Gasteiger partial charge is 0.321 e. The molecule has 1 amide bonds. The number of rotatable bonds is 2. The van der Waals surface area contributed by atoms with Crippen molar-refractivity contribution in [1.29, 1.82) is 0 Å². The highest BCUT2D eigenvalue weighted by molar-refractivity contribution is 9.10. The van der Waals surface area contributed by atoms with Crippen LogP contribution in [-0.4, -0.2) is 5.91 Å². The van der Waals surface area contributed by atoms with Gasteiger partial charge in [-0.2, -0.15) is 0 Å². The number of aryl methyl sites for hydroxylation is 1. The van der Waals surface area contributed by atoms with E-state index in [1.165, 1.54) is 18.2 Å². The molecule has 0 aromatic heterocycles. The lowest BCUT2D eigenvalue weighted by atomic mass is 10.2. The van der Waals surface area contributed by atoms with E-state index in [4.69, 9.17) is 11.6 Å². The molecule has 1 N–H and O–H groups in total. The Morgan fingerprint density at radius 3 is 2.79 bits per heavy atom. The predicted molar refractivity (Wildman–Crippen MR) is 78.2 cm³/mol. The lowest BCUT2D eigenvalue weighted by molar-refractivity contribution is 0.102. The van der Waals surface area contributed by atoms with Crippen LogP contribution in [0.25, 0.3) is 0 Å². The van der Waals surface area contributed by atoms with Gasteiger partial charge in [-0.1, -0.05) is 23.7 Å². The molecular formula is C14H10BrClFNO. The number of anilines is 1. The minimum atomic E-state index is -0.483. The first-order valence-electron chi connectivity index (χ1n) is 5.50. The van der Waals surface area contributed by atoms with Crippen LogP contribution in [0.3, 0.4) is 0 Å². The smallest absolute Gasteiger partial charge is 0.256 e. The zero-order valence-electron chi connectivity index (χ0n) is 10.0. The second-order valence-corrected chi connectivity index (χ2v) is 5.24. The normalized spacial score (nSPS) is 10.3. The molecule has 0 saturated carbocycles. The molecule has 2 aromatic rings. The Labute approximate surface area is 123 Å². The van der Waals surface area contributed by atoms with E-state index in [2.05, 4.69) is 21.2 Å². The van der Waals surface area contributed by atoms with Gasteiger partial charge in [0.1, 0.15) is 5.82 Å². The first kappa shape index (κ1) is 14.0. The summed E-state index contributed by atoms with van der Waals surface area (Å²) in [5, 5.41) is 3.10. The number of hydrogen-bond acceptors (Lipinski definition) is 1. The molecular weight excluding hydrogens is 333 g/mol. The predicted octanol–water partition coefficient (Wildman–Crippen LogP) is 4.80. The van der Waals surface area contributed by atoms with Crippen molar-refractivity contribution in [2.45, 2.75) is 6.92 Å². The summed E-state index contributed by atoms with van der Waals surface area (Å²) in [5.41, 5.74) is 1.69. The lowest BCUT2D eigenvalue weighted by Crippen LogP contribution is -2.13. The summed E-state index contributed by atoms with van der Waals surface area (Å²) < 4.78 is 13.5. The Morgan fingerprint density at radius 2 is 2.05 bits per heavy atom. The molecule has 0 aliphatic carbocycles. The summed E-state index contributed by atoms with van der Waals surface area (Å²) in [5.74, 6) is -0.901. The van der Waals surface area contributed by atoms with Gasteiger partial charge in [0.05, 0.1) is 20.7 Å². The summed E-state index contributed by atoms with van der Waals surface area (Å²) in [6.07, 6.45) is 0. The minimum absolute atomic E-state index is 0.135. The molecule has 0 unspecified atom stereocenters. The van der Waals surface area contributed by atoms with Gasteiger partial charge in [0.25, 0.3) is 5.91 Å². The first-order valence-corrected chi connectivity index (χ1v) is 6.67. The van der Waals surface area contributed by atoms with Gasteiger partial charge < -0.3 is 5.32 Å². The van der Waals surface area contributed by atoms with Crippen LogP contribution in [0.5, 0.6) is 0 Å². The molecule has 2 nitrogen and oxygen atoms in total. The van der Waals surface area contributed by atoms with Crippen molar-refractivity contribution in [3.05, 3.63) is 62.8 Å². The topological polar surface area (TPSA) is 29.1 Å². The third-order valence-electron chi connectivity index (χ3n) is 2.57. The number of hydrogen-bond donors (Lipinski definition) is 1. The number of carbonyl (C=O) groups is 1. The van der Waals surface area contributed by atoms with Crippen LogP contribution < -0.4 is 5.32 Å². The highest BCUT2D eigenvalue weighted by Crippen LogP contribution is 2.25. The van der Waals surface area contributed by atoms with Crippen LogP contribution in [0.15, 0.2) is 40.9 Å². The Hall–Kier alpha value is -1.39. The van der Waals surface area contributed by atoms with Crippen molar-refractivity contribution in [2.24, 2.45) is 0 Å². The fourth-order valence-corrected chi connectivity index (χ4v) is 2.21. The lowest BCUT2D eigenvalue weighted by Gasteiger charge is -2.09. The number of amides is 1. The van der Waals surface area contributed by atoms with Gasteiger partial charge in [0.15, 0.2) is 0 Å². The van der Waals surface area contributed by atoms with E-state index in [1.807, 2.05) is 13.0 Å². The van der Waals surface area contributed by atoms with Crippen LogP contribution in [-0.2, 0) is 0 Å². The molecule has 0 aliphatic rings. The number of nitrogens with one attached hydrogen (secondary N) is 1. The Kier molecular flexibility index (Phi) is 4.22. The number of halogens is 3. The summed E-state index contributed by atoms with van der Waals surface area (Å²) in [4.78, 5) is 12.1. The summed E-state index contributed by atoms with van der Waals surface area (Å²) in [6.45, 7) is 1.89. The molecule has 0 fully saturated rings. The standard InChI is InChI=1S/C14H10BrClFNO/c1-8-5-6-10(16)12(7-8)18-14(19)9-3-2-4-11(17)13(9)15/h2-7H,1H3,(H,18,19). The van der Waals surface area contributed by atoms with Gasteiger partial charge in [-0.25, -0.2) is 4.39 Å². The molecule has 2 aromatic carbocycles. The molecule has 98 valence electrons. The van der Waals surface area contributed by atoms with E-state index in [-0.39, 0.29) is 10.0 Å². The van der Waals surface area contributed by atoms with E-state index in [0.717, 1.165) is 5.56 Å². The average molecular weight is 343 g/mol. The van der Waals surface area contributed by atoms with Crippen LogP contribution >= 0.6 is 27.5 Å². The van der Waals surface area contributed by atoms with Crippen molar-refractivity contribution < 1.29 is 9.18 Å². The third-order valence-corrected chi connectivity index (χ3v) is 3.70. The third kappa shape index (κ3) is 3.14. The SMILES string of the molecule is Cc1ccc(Cl)c(NC(=O)c2cccc(F)c2Br)c1. The monoisotopic (exact) mass is 341 g/mol. The van der Waals surface area contributed by atoms with Crippen molar-refractivity contribution in [1.82, 2.24) is 0 Å². The molecule has 0 spiro atoms. The van der Waals surface area contributed by atoms with E-state index in [1.54, 1.807) is 12.1 Å². The molecule has 5 heteroatoms. The van der Waals surface area contributed by atoms with Crippen molar-refractivity contribution in [3.8, 4) is 0 Å². The molecule has 0 saturated heterocycles. The summed E-state index contributed by atoms with van der Waals surface area (Å²) in [7, 11) is 0. The van der Waals surface area contributed by atoms with Crippen LogP contribution in [0.4, 0.5) is 10.1 Å². The first-order chi connectivity index (χ1) is 8.99.